The molecule has 3 N–H and O–H groups in total. The van der Waals surface area contributed by atoms with Crippen molar-refractivity contribution in [3.8, 4) is 5.75 Å². The quantitative estimate of drug-likeness (QED) is 0.246. The normalized spacial score (nSPS) is 14.6. The number of anilines is 2. The third-order valence-corrected chi connectivity index (χ3v) is 9.86. The maximum absolute atomic E-state index is 13.5. The number of sulfonamides is 1. The van der Waals surface area contributed by atoms with Gasteiger partial charge in [0, 0.05) is 37.4 Å². The second-order valence-corrected chi connectivity index (χ2v) is 14.2. The molecule has 0 bridgehead atoms. The van der Waals surface area contributed by atoms with Crippen LogP contribution in [0.3, 0.4) is 0 Å². The van der Waals surface area contributed by atoms with Gasteiger partial charge in [-0.1, -0.05) is 34.8 Å². The Bertz CT molecular complexity index is 1580. The van der Waals surface area contributed by atoms with Crippen molar-refractivity contribution in [3.63, 3.8) is 0 Å². The van der Waals surface area contributed by atoms with E-state index < -0.39 is 27.9 Å². The Hall–Kier alpha value is -2.49. The molecule has 1 aliphatic rings. The van der Waals surface area contributed by atoms with E-state index >= 15 is 0 Å². The first-order chi connectivity index (χ1) is 20.3. The fourth-order valence-electron chi connectivity index (χ4n) is 4.31. The lowest BCUT2D eigenvalue weighted by Gasteiger charge is -2.21. The highest BCUT2D eigenvalue weighted by molar-refractivity contribution is 7.88. The van der Waals surface area contributed by atoms with Crippen LogP contribution >= 0.6 is 46.1 Å². The van der Waals surface area contributed by atoms with E-state index in [-0.39, 0.29) is 50.9 Å². The van der Waals surface area contributed by atoms with Gasteiger partial charge in [0.15, 0.2) is 0 Å². The van der Waals surface area contributed by atoms with E-state index in [1.807, 2.05) is 0 Å². The molecule has 43 heavy (non-hydrogen) atoms. The fourth-order valence-corrected chi connectivity index (χ4v) is 6.24. The summed E-state index contributed by atoms with van der Waals surface area (Å²) >= 11 is 19.8. The van der Waals surface area contributed by atoms with Crippen LogP contribution in [0.1, 0.15) is 38.4 Å². The lowest BCUT2D eigenvalue weighted by atomic mass is 10.1. The van der Waals surface area contributed by atoms with Crippen molar-refractivity contribution in [1.82, 2.24) is 14.2 Å². The molecule has 232 valence electrons. The number of nitrogens with one attached hydrogen (secondary N) is 2. The van der Waals surface area contributed by atoms with Crippen LogP contribution in [0.5, 0.6) is 5.75 Å². The van der Waals surface area contributed by atoms with Gasteiger partial charge in [-0.05, 0) is 55.1 Å². The summed E-state index contributed by atoms with van der Waals surface area (Å²) in [5.41, 5.74) is 0.397. The number of aliphatic hydroxyl groups is 1. The molecule has 1 saturated heterocycles. The van der Waals surface area contributed by atoms with E-state index in [0.717, 1.165) is 47.8 Å². The average molecular weight is 691 g/mol. The van der Waals surface area contributed by atoms with Crippen LogP contribution in [0.15, 0.2) is 35.8 Å². The summed E-state index contributed by atoms with van der Waals surface area (Å²) < 4.78 is 30.7. The summed E-state index contributed by atoms with van der Waals surface area (Å²) in [6.07, 6.45) is 3.73. The number of likely N-dealkylation sites (tertiary alicyclic amines) is 1. The Morgan fingerprint density at radius 1 is 1.14 bits per heavy atom. The molecule has 2 aromatic heterocycles. The number of amides is 2. The predicted octanol–water partition coefficient (Wildman–Crippen LogP) is 4.83. The number of hydrogen-bond donors (Lipinski definition) is 3. The molecule has 0 aliphatic carbocycles. The summed E-state index contributed by atoms with van der Waals surface area (Å²) in [4.78, 5) is 33.2. The number of rotatable bonds is 12. The van der Waals surface area contributed by atoms with Crippen LogP contribution in [0.2, 0.25) is 15.1 Å². The number of hydrogen-bond acceptors (Lipinski definition) is 9. The first kappa shape index (κ1) is 33.4. The molecular weight excluding hydrogens is 661 g/mol. The number of carbonyl (C=O) groups excluding carboxylic acids is 2. The number of aromatic nitrogens is 1. The molecule has 0 radical (unpaired) electrons. The number of carbonyl (C=O) groups is 2. The zero-order chi connectivity index (χ0) is 31.3. The van der Waals surface area contributed by atoms with Gasteiger partial charge in [-0.2, -0.15) is 0 Å². The number of benzene rings is 1. The smallest absolute Gasteiger partial charge is 0.267 e. The van der Waals surface area contributed by atoms with Crippen molar-refractivity contribution in [1.29, 1.82) is 0 Å². The highest BCUT2D eigenvalue weighted by atomic mass is 35.5. The van der Waals surface area contributed by atoms with Crippen molar-refractivity contribution in [2.24, 2.45) is 0 Å². The Labute approximate surface area is 268 Å². The molecule has 1 aromatic carbocycles. The molecule has 4 rings (SSSR count). The van der Waals surface area contributed by atoms with E-state index in [0.29, 0.717) is 17.1 Å². The number of thiophene rings is 1. The van der Waals surface area contributed by atoms with Crippen molar-refractivity contribution in [2.75, 3.05) is 50.2 Å². The SMILES string of the molecule is CN(Cc1csc(C(=O)Nc2c(OC[C@@H](O)CN3CCCC3)cc(Cl)cc2C(=O)Nc2ccc(Cl)cn2)c1Cl)S(C)(=O)=O. The molecule has 11 nitrogen and oxygen atoms in total. The van der Waals surface area contributed by atoms with E-state index in [2.05, 4.69) is 20.5 Å². The molecule has 0 saturated carbocycles. The molecule has 1 atom stereocenters. The number of nitrogens with zero attached hydrogens (tertiary/aromatic N) is 3. The minimum absolute atomic E-state index is 0.00601. The van der Waals surface area contributed by atoms with Gasteiger partial charge in [0.1, 0.15) is 29.2 Å². The summed E-state index contributed by atoms with van der Waals surface area (Å²) in [7, 11) is -2.08. The van der Waals surface area contributed by atoms with E-state index in [1.54, 1.807) is 11.4 Å². The lowest BCUT2D eigenvalue weighted by Crippen LogP contribution is -2.33. The number of pyridine rings is 1. The zero-order valence-corrected chi connectivity index (χ0v) is 27.2. The Kier molecular flexibility index (Phi) is 11.3. The minimum atomic E-state index is -3.48. The molecular formula is C27H30Cl3N5O6S2. The van der Waals surface area contributed by atoms with Crippen molar-refractivity contribution in [2.45, 2.75) is 25.5 Å². The highest BCUT2D eigenvalue weighted by Gasteiger charge is 2.25. The zero-order valence-electron chi connectivity index (χ0n) is 23.3. The highest BCUT2D eigenvalue weighted by Crippen LogP contribution is 2.36. The largest absolute Gasteiger partial charge is 0.489 e. The van der Waals surface area contributed by atoms with Crippen molar-refractivity contribution >= 4 is 79.5 Å². The van der Waals surface area contributed by atoms with Gasteiger partial charge in [-0.25, -0.2) is 17.7 Å². The molecule has 2 amide bonds. The molecule has 3 aromatic rings. The molecule has 16 heteroatoms. The summed E-state index contributed by atoms with van der Waals surface area (Å²) in [6.45, 7) is 2.03. The number of ether oxygens (including phenoxy) is 1. The van der Waals surface area contributed by atoms with Crippen LogP contribution in [0.25, 0.3) is 0 Å². The monoisotopic (exact) mass is 689 g/mol. The number of β-amino-alcohol motifs (C(OH)–C–C–N with tert-alkyl or cyclic N) is 1. The van der Waals surface area contributed by atoms with E-state index in [4.69, 9.17) is 39.5 Å². The second-order valence-electron chi connectivity index (χ2n) is 9.99. The van der Waals surface area contributed by atoms with Gasteiger partial charge in [-0.3, -0.25) is 9.59 Å². The standard InChI is InChI=1S/C27H30Cl3N5O6S2/c1-34(43(2,39)40)12-16-15-42-25(23(16)30)27(38)33-24-20(26(37)32-22-6-5-17(28)11-31-22)9-18(29)10-21(24)41-14-19(36)13-35-7-3-4-8-35/h5-6,9-11,15,19,36H,3-4,7-8,12-14H2,1-2H3,(H,33,38)(H,31,32,37)/t19-/m0/s1. The maximum Gasteiger partial charge on any atom is 0.267 e. The minimum Gasteiger partial charge on any atom is -0.489 e. The maximum atomic E-state index is 13.5. The topological polar surface area (TPSA) is 141 Å². The van der Waals surface area contributed by atoms with Gasteiger partial charge in [0.05, 0.1) is 27.6 Å². The molecule has 0 unspecified atom stereocenters. The van der Waals surface area contributed by atoms with Crippen LogP contribution in [0, 0.1) is 0 Å². The summed E-state index contributed by atoms with van der Waals surface area (Å²) in [5, 5.41) is 18.2. The fraction of sp³-hybridized carbons (Fsp3) is 0.370. The summed E-state index contributed by atoms with van der Waals surface area (Å²) in [6, 6.07) is 5.85. The van der Waals surface area contributed by atoms with Crippen molar-refractivity contribution < 1.29 is 27.9 Å². The average Bonchev–Trinajstić information content (AvgIpc) is 3.58. The number of halogens is 3. The van der Waals surface area contributed by atoms with Gasteiger partial charge in [0.25, 0.3) is 11.8 Å². The van der Waals surface area contributed by atoms with E-state index in [9.17, 15) is 23.1 Å². The predicted molar refractivity (Wildman–Crippen MR) is 169 cm³/mol. The first-order valence-corrected chi connectivity index (χ1v) is 17.0. The Balaban J connectivity index is 1.63. The third-order valence-electron chi connectivity index (χ3n) is 6.58. The lowest BCUT2D eigenvalue weighted by molar-refractivity contribution is 0.0760. The van der Waals surface area contributed by atoms with Crippen LogP contribution in [-0.4, -0.2) is 85.2 Å². The van der Waals surface area contributed by atoms with E-state index in [1.165, 1.54) is 31.4 Å². The molecule has 1 fully saturated rings. The van der Waals surface area contributed by atoms with Gasteiger partial charge >= 0.3 is 0 Å². The Morgan fingerprint density at radius 3 is 2.51 bits per heavy atom. The summed E-state index contributed by atoms with van der Waals surface area (Å²) in [5.74, 6) is -1.05. The van der Waals surface area contributed by atoms with Gasteiger partial charge < -0.3 is 25.4 Å². The molecule has 3 heterocycles. The van der Waals surface area contributed by atoms with Crippen molar-refractivity contribution in [3.05, 3.63) is 66.9 Å². The van der Waals surface area contributed by atoms with Crippen LogP contribution in [-0.2, 0) is 16.6 Å². The third kappa shape index (κ3) is 9.02. The first-order valence-electron chi connectivity index (χ1n) is 13.1. The molecule has 0 spiro atoms. The van der Waals surface area contributed by atoms with Crippen LogP contribution < -0.4 is 15.4 Å². The Morgan fingerprint density at radius 2 is 1.86 bits per heavy atom. The van der Waals surface area contributed by atoms with Gasteiger partial charge in [-0.15, -0.1) is 11.3 Å². The number of aliphatic hydroxyl groups excluding tert-OH is 1. The van der Waals surface area contributed by atoms with Crippen LogP contribution in [0.4, 0.5) is 11.5 Å². The second kappa shape index (κ2) is 14.5. The molecule has 1 aliphatic heterocycles. The van der Waals surface area contributed by atoms with Gasteiger partial charge in [0.2, 0.25) is 10.0 Å².